The summed E-state index contributed by atoms with van der Waals surface area (Å²) >= 11 is 0. The van der Waals surface area contributed by atoms with E-state index in [2.05, 4.69) is 17.3 Å². The number of ether oxygens (including phenoxy) is 1. The Kier molecular flexibility index (Phi) is 5.63. The minimum atomic E-state index is -0.784. The summed E-state index contributed by atoms with van der Waals surface area (Å²) in [5.74, 6) is 0.209. The van der Waals surface area contributed by atoms with Gasteiger partial charge in [0.1, 0.15) is 5.54 Å². The van der Waals surface area contributed by atoms with Crippen molar-refractivity contribution in [2.75, 3.05) is 33.4 Å². The Balaban J connectivity index is 1.98. The van der Waals surface area contributed by atoms with Crippen LogP contribution in [-0.4, -0.2) is 60.9 Å². The van der Waals surface area contributed by atoms with Gasteiger partial charge in [-0.3, -0.25) is 10.1 Å². The second kappa shape index (κ2) is 7.07. The summed E-state index contributed by atoms with van der Waals surface area (Å²) in [5, 5.41) is 13.2. The van der Waals surface area contributed by atoms with Crippen LogP contribution in [0.2, 0.25) is 0 Å². The average Bonchev–Trinajstić information content (AvgIpc) is 3.22. The fourth-order valence-corrected chi connectivity index (χ4v) is 3.55. The van der Waals surface area contributed by atoms with Crippen LogP contribution in [0.3, 0.4) is 0 Å². The molecule has 2 rings (SSSR count). The topological polar surface area (TPSA) is 61.8 Å². The zero-order chi connectivity index (χ0) is 15.5. The lowest BCUT2D eigenvalue weighted by Gasteiger charge is -2.37. The summed E-state index contributed by atoms with van der Waals surface area (Å²) in [5.41, 5.74) is -0.784. The predicted octanol–water partition coefficient (Wildman–Crippen LogP) is 1.58. The number of hydrogen-bond donors (Lipinski definition) is 2. The molecule has 1 unspecified atom stereocenters. The molecule has 5 heteroatoms. The molecule has 5 nitrogen and oxygen atoms in total. The molecule has 2 fully saturated rings. The molecule has 122 valence electrons. The zero-order valence-electron chi connectivity index (χ0n) is 13.6. The van der Waals surface area contributed by atoms with Crippen molar-refractivity contribution in [3.05, 3.63) is 0 Å². The molecule has 2 aliphatic rings. The highest BCUT2D eigenvalue weighted by Crippen LogP contribution is 2.41. The van der Waals surface area contributed by atoms with Gasteiger partial charge in [-0.2, -0.15) is 0 Å². The molecule has 0 aromatic carbocycles. The van der Waals surface area contributed by atoms with E-state index in [9.17, 15) is 9.90 Å². The van der Waals surface area contributed by atoms with Crippen molar-refractivity contribution in [3.8, 4) is 0 Å². The minimum Gasteiger partial charge on any atom is -0.480 e. The van der Waals surface area contributed by atoms with E-state index in [1.165, 1.54) is 0 Å². The maximum atomic E-state index is 12.0. The maximum Gasteiger partial charge on any atom is 0.325 e. The van der Waals surface area contributed by atoms with Gasteiger partial charge in [0.15, 0.2) is 0 Å². The van der Waals surface area contributed by atoms with E-state index in [0.717, 1.165) is 45.4 Å². The van der Waals surface area contributed by atoms with Crippen LogP contribution in [0, 0.1) is 11.8 Å². The third-order valence-electron chi connectivity index (χ3n) is 4.63. The normalized spacial score (nSPS) is 23.5. The largest absolute Gasteiger partial charge is 0.480 e. The Morgan fingerprint density at radius 2 is 1.95 bits per heavy atom. The van der Waals surface area contributed by atoms with Crippen LogP contribution >= 0.6 is 0 Å². The van der Waals surface area contributed by atoms with Gasteiger partial charge in [-0.15, -0.1) is 0 Å². The van der Waals surface area contributed by atoms with Crippen molar-refractivity contribution >= 4 is 5.97 Å². The first-order chi connectivity index (χ1) is 9.94. The summed E-state index contributed by atoms with van der Waals surface area (Å²) in [6.45, 7) is 7.29. The fourth-order valence-electron chi connectivity index (χ4n) is 3.55. The summed E-state index contributed by atoms with van der Waals surface area (Å²) in [4.78, 5) is 14.2. The summed E-state index contributed by atoms with van der Waals surface area (Å²) in [7, 11) is 2.05. The van der Waals surface area contributed by atoms with Gasteiger partial charge in [-0.05, 0) is 58.4 Å². The maximum absolute atomic E-state index is 12.0. The third-order valence-corrected chi connectivity index (χ3v) is 4.63. The van der Waals surface area contributed by atoms with Crippen LogP contribution in [0.1, 0.15) is 39.5 Å². The van der Waals surface area contributed by atoms with E-state index in [1.54, 1.807) is 0 Å². The van der Waals surface area contributed by atoms with Crippen LogP contribution in [0.4, 0.5) is 0 Å². The van der Waals surface area contributed by atoms with Crippen molar-refractivity contribution in [1.82, 2.24) is 10.2 Å². The standard InChI is InChI=1S/C16H30N2O3/c1-12(2)17-16(15(19)20,14-4-5-14)11-18(3)10-13-6-8-21-9-7-13/h12-14,17H,4-11H2,1-3H3,(H,19,20). The third kappa shape index (κ3) is 4.41. The molecule has 0 bridgehead atoms. The lowest BCUT2D eigenvalue weighted by molar-refractivity contribution is -0.147. The van der Waals surface area contributed by atoms with Crippen LogP contribution in [0.5, 0.6) is 0 Å². The summed E-state index contributed by atoms with van der Waals surface area (Å²) < 4.78 is 5.40. The number of nitrogens with one attached hydrogen (secondary N) is 1. The summed E-state index contributed by atoms with van der Waals surface area (Å²) in [6, 6.07) is 0.179. The van der Waals surface area contributed by atoms with Gasteiger partial charge >= 0.3 is 5.97 Å². The molecule has 2 N–H and O–H groups in total. The van der Waals surface area contributed by atoms with Crippen molar-refractivity contribution in [1.29, 1.82) is 0 Å². The van der Waals surface area contributed by atoms with E-state index in [4.69, 9.17) is 4.74 Å². The van der Waals surface area contributed by atoms with Crippen molar-refractivity contribution in [2.24, 2.45) is 11.8 Å². The fraction of sp³-hybridized carbons (Fsp3) is 0.938. The van der Waals surface area contributed by atoms with Gasteiger partial charge in [0.25, 0.3) is 0 Å². The number of carboxylic acids is 1. The Morgan fingerprint density at radius 1 is 1.33 bits per heavy atom. The lowest BCUT2D eigenvalue weighted by atomic mass is 9.90. The molecular formula is C16H30N2O3. The predicted molar refractivity (Wildman–Crippen MR) is 82.4 cm³/mol. The Labute approximate surface area is 128 Å². The van der Waals surface area contributed by atoms with E-state index in [1.807, 2.05) is 13.8 Å². The molecule has 1 aliphatic carbocycles. The first kappa shape index (κ1) is 16.7. The number of nitrogens with zero attached hydrogens (tertiary/aromatic N) is 1. The molecule has 0 radical (unpaired) electrons. The van der Waals surface area contributed by atoms with Gasteiger partial charge in [0.2, 0.25) is 0 Å². The van der Waals surface area contributed by atoms with Crippen molar-refractivity contribution in [3.63, 3.8) is 0 Å². The van der Waals surface area contributed by atoms with E-state index < -0.39 is 11.5 Å². The molecule has 1 saturated heterocycles. The molecule has 0 aromatic heterocycles. The highest BCUT2D eigenvalue weighted by atomic mass is 16.5. The Morgan fingerprint density at radius 3 is 2.43 bits per heavy atom. The molecule has 1 saturated carbocycles. The highest BCUT2D eigenvalue weighted by molar-refractivity contribution is 5.80. The molecular weight excluding hydrogens is 268 g/mol. The first-order valence-corrected chi connectivity index (χ1v) is 8.21. The minimum absolute atomic E-state index is 0.179. The summed E-state index contributed by atoms with van der Waals surface area (Å²) in [6.07, 6.45) is 4.23. The second-order valence-corrected chi connectivity index (χ2v) is 7.10. The van der Waals surface area contributed by atoms with Crippen molar-refractivity contribution in [2.45, 2.75) is 51.1 Å². The molecule has 1 heterocycles. The van der Waals surface area contributed by atoms with Gasteiger partial charge < -0.3 is 14.7 Å². The van der Waals surface area contributed by atoms with Crippen LogP contribution in [0.25, 0.3) is 0 Å². The van der Waals surface area contributed by atoms with Gasteiger partial charge in [-0.1, -0.05) is 0 Å². The van der Waals surface area contributed by atoms with Gasteiger partial charge in [0.05, 0.1) is 0 Å². The number of rotatable bonds is 8. The SMILES string of the molecule is CC(C)NC(CN(C)CC1CCOCC1)(C(=O)O)C1CC1. The van der Waals surface area contributed by atoms with Gasteiger partial charge in [-0.25, -0.2) is 0 Å². The molecule has 0 aromatic rings. The second-order valence-electron chi connectivity index (χ2n) is 7.10. The number of likely N-dealkylation sites (N-methyl/N-ethyl adjacent to an activating group) is 1. The number of carbonyl (C=O) groups is 1. The van der Waals surface area contributed by atoms with Crippen LogP contribution < -0.4 is 5.32 Å². The number of carboxylic acid groups (broad SMARTS) is 1. The van der Waals surface area contributed by atoms with E-state index >= 15 is 0 Å². The van der Waals surface area contributed by atoms with E-state index in [0.29, 0.717) is 12.5 Å². The molecule has 1 aliphatic heterocycles. The zero-order valence-corrected chi connectivity index (χ0v) is 13.6. The van der Waals surface area contributed by atoms with Crippen LogP contribution in [0.15, 0.2) is 0 Å². The quantitative estimate of drug-likeness (QED) is 0.712. The smallest absolute Gasteiger partial charge is 0.325 e. The highest BCUT2D eigenvalue weighted by Gasteiger charge is 2.52. The number of hydrogen-bond acceptors (Lipinski definition) is 4. The molecule has 1 atom stereocenters. The van der Waals surface area contributed by atoms with Crippen molar-refractivity contribution < 1.29 is 14.6 Å². The Hall–Kier alpha value is -0.650. The van der Waals surface area contributed by atoms with Crippen LogP contribution in [-0.2, 0) is 9.53 Å². The number of aliphatic carboxylic acids is 1. The van der Waals surface area contributed by atoms with Gasteiger partial charge in [0, 0.05) is 32.3 Å². The average molecular weight is 298 g/mol. The molecule has 0 spiro atoms. The monoisotopic (exact) mass is 298 g/mol. The lowest BCUT2D eigenvalue weighted by Crippen LogP contribution is -2.62. The molecule has 21 heavy (non-hydrogen) atoms. The van der Waals surface area contributed by atoms with E-state index in [-0.39, 0.29) is 12.0 Å². The molecule has 0 amide bonds. The first-order valence-electron chi connectivity index (χ1n) is 8.21. The Bertz CT molecular complexity index is 351.